The number of hydrogen-bond donors (Lipinski definition) is 4. The van der Waals surface area contributed by atoms with Gasteiger partial charge in [-0.1, -0.05) is 12.1 Å². The average Bonchev–Trinajstić information content (AvgIpc) is 3.83. The highest BCUT2D eigenvalue weighted by Gasteiger charge is 2.37. The van der Waals surface area contributed by atoms with Gasteiger partial charge in [0.1, 0.15) is 17.4 Å². The van der Waals surface area contributed by atoms with Gasteiger partial charge in [0.05, 0.1) is 47.1 Å². The summed E-state index contributed by atoms with van der Waals surface area (Å²) in [5.41, 5.74) is 7.84. The van der Waals surface area contributed by atoms with Crippen LogP contribution in [0.3, 0.4) is 0 Å². The fourth-order valence-corrected chi connectivity index (χ4v) is 7.77. The maximum absolute atomic E-state index is 6.52. The molecule has 10 rings (SSSR count). The van der Waals surface area contributed by atoms with E-state index >= 15 is 0 Å². The molecule has 3 atom stereocenters. The van der Waals surface area contributed by atoms with Crippen LogP contribution in [0.2, 0.25) is 0 Å². The molecule has 1 unspecified atom stereocenters. The Morgan fingerprint density at radius 1 is 0.854 bits per heavy atom. The second-order valence-corrected chi connectivity index (χ2v) is 12.4. The summed E-state index contributed by atoms with van der Waals surface area (Å²) >= 11 is 0. The number of piperidine rings is 2. The van der Waals surface area contributed by atoms with Crippen molar-refractivity contribution in [1.82, 2.24) is 35.1 Å². The number of rotatable bonds is 4. The summed E-state index contributed by atoms with van der Waals surface area (Å²) in [5, 5.41) is 8.54. The van der Waals surface area contributed by atoms with E-state index in [-0.39, 0.29) is 6.23 Å². The Morgan fingerprint density at radius 2 is 1.63 bits per heavy atom. The number of imidazole rings is 2. The number of ether oxygens (including phenoxy) is 1. The summed E-state index contributed by atoms with van der Waals surface area (Å²) in [4.78, 5) is 16.7. The molecule has 2 bridgehead atoms. The molecule has 4 N–H and O–H groups in total. The lowest BCUT2D eigenvalue weighted by Gasteiger charge is -2.42. The predicted molar refractivity (Wildman–Crippen MR) is 159 cm³/mol. The van der Waals surface area contributed by atoms with Crippen LogP contribution in [-0.2, 0) is 0 Å². The number of nitrogens with zero attached hydrogens (tertiary/aromatic N) is 3. The Hall–Kier alpha value is -3.88. The Morgan fingerprint density at radius 3 is 2.41 bits per heavy atom. The maximum Gasteiger partial charge on any atom is 0.173 e. The van der Waals surface area contributed by atoms with Gasteiger partial charge in [-0.05, 0) is 88.2 Å². The van der Waals surface area contributed by atoms with E-state index in [1.165, 1.54) is 48.7 Å². The normalized spacial score (nSPS) is 26.7. The van der Waals surface area contributed by atoms with E-state index in [4.69, 9.17) is 9.72 Å². The number of fused-ring (bicyclic) bond motifs is 8. The van der Waals surface area contributed by atoms with Crippen molar-refractivity contribution in [3.05, 3.63) is 66.5 Å². The molecular formula is C33H35N7O. The molecule has 2 aromatic carbocycles. The van der Waals surface area contributed by atoms with E-state index in [2.05, 4.69) is 79.5 Å². The highest BCUT2D eigenvalue weighted by atomic mass is 16.5. The van der Waals surface area contributed by atoms with Crippen LogP contribution in [-0.4, -0.2) is 37.1 Å². The molecule has 3 aromatic heterocycles. The van der Waals surface area contributed by atoms with Gasteiger partial charge < -0.3 is 29.9 Å². The van der Waals surface area contributed by atoms with Crippen molar-refractivity contribution in [3.63, 3.8) is 0 Å². The van der Waals surface area contributed by atoms with E-state index in [0.717, 1.165) is 58.4 Å². The van der Waals surface area contributed by atoms with Crippen LogP contribution in [0.15, 0.2) is 54.9 Å². The van der Waals surface area contributed by atoms with Gasteiger partial charge in [0.15, 0.2) is 6.23 Å². The first-order valence-electron chi connectivity index (χ1n) is 15.2. The van der Waals surface area contributed by atoms with Gasteiger partial charge in [-0.25, -0.2) is 9.97 Å². The van der Waals surface area contributed by atoms with E-state index in [1.54, 1.807) is 0 Å². The van der Waals surface area contributed by atoms with Crippen LogP contribution in [0.25, 0.3) is 44.7 Å². The zero-order valence-electron chi connectivity index (χ0n) is 23.3. The van der Waals surface area contributed by atoms with Crippen LogP contribution in [0.1, 0.15) is 75.4 Å². The molecule has 8 heteroatoms. The molecule has 5 aliphatic rings. The molecule has 0 spiro atoms. The molecule has 1 saturated carbocycles. The summed E-state index contributed by atoms with van der Waals surface area (Å²) in [6, 6.07) is 16.8. The average molecular weight is 546 g/mol. The largest absolute Gasteiger partial charge is 0.470 e. The van der Waals surface area contributed by atoms with Crippen molar-refractivity contribution < 1.29 is 4.74 Å². The number of aromatic amines is 2. The Labute approximate surface area is 238 Å². The van der Waals surface area contributed by atoms with Crippen molar-refractivity contribution in [2.45, 2.75) is 69.8 Å². The van der Waals surface area contributed by atoms with E-state index in [0.29, 0.717) is 24.0 Å². The first kappa shape index (κ1) is 23.8. The van der Waals surface area contributed by atoms with Gasteiger partial charge in [0.25, 0.3) is 0 Å². The molecule has 8 nitrogen and oxygen atoms in total. The molecule has 41 heavy (non-hydrogen) atoms. The fraction of sp³-hybridized carbons (Fsp3) is 0.394. The molecule has 4 aliphatic heterocycles. The standard InChI is InChI=1S/C33H35N7O/c1-18-40-28-11-7-20(26-16-35-32(38-26)25-3-2-12-34-25)13-22(28)14-29(40)24-10-6-21(15-30(24)41-18)27-17-36-33(39-27)31-19-4-8-23(37-31)9-5-19/h6-7,10-11,13-19,23,25,31,34,37H,2-5,8-9,12H2,1H3,(H,35,38)(H,36,39)/t18?,19?,23?,25-,31-/m0/s1. The summed E-state index contributed by atoms with van der Waals surface area (Å²) in [6.45, 7) is 3.19. The van der Waals surface area contributed by atoms with Gasteiger partial charge in [-0.2, -0.15) is 0 Å². The van der Waals surface area contributed by atoms with Crippen molar-refractivity contribution in [2.24, 2.45) is 5.92 Å². The number of benzene rings is 2. The van der Waals surface area contributed by atoms with Crippen LogP contribution in [0.4, 0.5) is 0 Å². The van der Waals surface area contributed by atoms with E-state index in [9.17, 15) is 0 Å². The number of aromatic nitrogens is 5. The lowest BCUT2D eigenvalue weighted by molar-refractivity contribution is 0.144. The minimum absolute atomic E-state index is 0.109. The molecule has 5 aromatic rings. The lowest BCUT2D eigenvalue weighted by Crippen LogP contribution is -2.47. The predicted octanol–water partition coefficient (Wildman–Crippen LogP) is 6.63. The molecule has 1 aliphatic carbocycles. The van der Waals surface area contributed by atoms with Gasteiger partial charge in [0.2, 0.25) is 0 Å². The second-order valence-electron chi connectivity index (χ2n) is 12.4. The van der Waals surface area contributed by atoms with Gasteiger partial charge in [0, 0.05) is 28.1 Å². The molecule has 4 fully saturated rings. The minimum atomic E-state index is -0.109. The fourth-order valence-electron chi connectivity index (χ4n) is 7.77. The quantitative estimate of drug-likeness (QED) is 0.203. The molecular weight excluding hydrogens is 510 g/mol. The Balaban J connectivity index is 1.03. The van der Waals surface area contributed by atoms with Crippen molar-refractivity contribution in [2.75, 3.05) is 6.54 Å². The number of H-pyrrole nitrogens is 2. The SMILES string of the molecule is CC1Oc2cc(-c3cnc([C@H]4NC5CCC4CC5)[nH]3)ccc2-c2cc3cc(-c4cnc([C@@H]5CCCN5)[nH]4)ccc3n21. The monoisotopic (exact) mass is 545 g/mol. The third-order valence-electron chi connectivity index (χ3n) is 9.91. The van der Waals surface area contributed by atoms with Gasteiger partial charge in [-0.3, -0.25) is 0 Å². The molecule has 0 radical (unpaired) electrons. The maximum atomic E-state index is 6.52. The van der Waals surface area contributed by atoms with Crippen LogP contribution < -0.4 is 15.4 Å². The zero-order valence-corrected chi connectivity index (χ0v) is 23.3. The summed E-state index contributed by atoms with van der Waals surface area (Å²) in [6.07, 6.45) is 11.4. The molecule has 0 amide bonds. The summed E-state index contributed by atoms with van der Waals surface area (Å²) in [7, 11) is 0. The topological polar surface area (TPSA) is 95.6 Å². The third-order valence-corrected chi connectivity index (χ3v) is 9.91. The van der Waals surface area contributed by atoms with Crippen LogP contribution >= 0.6 is 0 Å². The first-order chi connectivity index (χ1) is 20.2. The summed E-state index contributed by atoms with van der Waals surface area (Å²) in [5.74, 6) is 3.71. The minimum Gasteiger partial charge on any atom is -0.470 e. The van der Waals surface area contributed by atoms with Crippen LogP contribution in [0, 0.1) is 5.92 Å². The number of hydrogen-bond acceptors (Lipinski definition) is 5. The molecule has 3 saturated heterocycles. The Kier molecular flexibility index (Phi) is 5.26. The molecule has 208 valence electrons. The van der Waals surface area contributed by atoms with Crippen molar-refractivity contribution in [3.8, 4) is 39.5 Å². The summed E-state index contributed by atoms with van der Waals surface area (Å²) < 4.78 is 8.82. The second kappa shape index (κ2) is 9.06. The van der Waals surface area contributed by atoms with E-state index in [1.807, 2.05) is 12.4 Å². The third kappa shape index (κ3) is 3.81. The van der Waals surface area contributed by atoms with Crippen LogP contribution in [0.5, 0.6) is 5.75 Å². The lowest BCUT2D eigenvalue weighted by atomic mass is 9.76. The number of nitrogens with one attached hydrogen (secondary N) is 4. The highest BCUT2D eigenvalue weighted by molar-refractivity contribution is 5.92. The van der Waals surface area contributed by atoms with Crippen molar-refractivity contribution in [1.29, 1.82) is 0 Å². The van der Waals surface area contributed by atoms with Gasteiger partial charge in [-0.15, -0.1) is 0 Å². The zero-order chi connectivity index (χ0) is 27.1. The highest BCUT2D eigenvalue weighted by Crippen LogP contribution is 2.45. The van der Waals surface area contributed by atoms with Gasteiger partial charge >= 0.3 is 0 Å². The Bertz CT molecular complexity index is 1770. The van der Waals surface area contributed by atoms with E-state index < -0.39 is 0 Å². The van der Waals surface area contributed by atoms with Crippen molar-refractivity contribution >= 4 is 10.9 Å². The molecule has 7 heterocycles. The smallest absolute Gasteiger partial charge is 0.173 e. The first-order valence-corrected chi connectivity index (χ1v) is 15.2.